The third-order valence-corrected chi connectivity index (χ3v) is 5.10. The van der Waals surface area contributed by atoms with E-state index in [0.29, 0.717) is 34.5 Å². The molecule has 1 aromatic heterocycles. The number of fused-ring (bicyclic) bond motifs is 1. The molecule has 8 nitrogen and oxygen atoms in total. The minimum Gasteiger partial charge on any atom is -0.497 e. The van der Waals surface area contributed by atoms with E-state index < -0.39 is 11.6 Å². The second kappa shape index (κ2) is 8.86. The highest BCUT2D eigenvalue weighted by Gasteiger charge is 2.18. The van der Waals surface area contributed by atoms with Crippen molar-refractivity contribution in [3.8, 4) is 11.5 Å². The average Bonchev–Trinajstić information content (AvgIpc) is 2.76. The summed E-state index contributed by atoms with van der Waals surface area (Å²) in [5.74, 6) is 0.591. The average molecular weight is 411 g/mol. The van der Waals surface area contributed by atoms with E-state index in [1.165, 1.54) is 23.4 Å². The first-order valence-corrected chi connectivity index (χ1v) is 9.67. The first kappa shape index (κ1) is 21.2. The molecule has 1 atom stereocenters. The minimum absolute atomic E-state index is 0.254. The highest BCUT2D eigenvalue weighted by atomic mass is 16.5. The number of hydrogen-bond acceptors (Lipinski definition) is 5. The number of hydrogen-bond donors (Lipinski definition) is 1. The van der Waals surface area contributed by atoms with Crippen LogP contribution in [0.5, 0.6) is 11.5 Å². The van der Waals surface area contributed by atoms with E-state index in [9.17, 15) is 14.4 Å². The fourth-order valence-corrected chi connectivity index (χ4v) is 3.31. The van der Waals surface area contributed by atoms with Crippen molar-refractivity contribution in [1.29, 1.82) is 0 Å². The topological polar surface area (TPSA) is 91.6 Å². The molecule has 1 amide bonds. The van der Waals surface area contributed by atoms with Crippen molar-refractivity contribution in [3.05, 3.63) is 63.3 Å². The van der Waals surface area contributed by atoms with Crippen molar-refractivity contribution < 1.29 is 14.3 Å². The van der Waals surface area contributed by atoms with E-state index in [1.54, 1.807) is 42.5 Å². The first-order chi connectivity index (χ1) is 14.4. The van der Waals surface area contributed by atoms with Crippen LogP contribution in [-0.2, 0) is 11.3 Å². The van der Waals surface area contributed by atoms with Gasteiger partial charge in [-0.1, -0.05) is 19.1 Å². The van der Waals surface area contributed by atoms with Crippen LogP contribution in [0.15, 0.2) is 52.1 Å². The number of carbonyl (C=O) groups excluding carboxylic acids is 1. The van der Waals surface area contributed by atoms with Gasteiger partial charge in [0, 0.05) is 12.1 Å². The maximum Gasteiger partial charge on any atom is 0.332 e. The van der Waals surface area contributed by atoms with Crippen molar-refractivity contribution in [2.24, 2.45) is 0 Å². The van der Waals surface area contributed by atoms with Gasteiger partial charge in [0.05, 0.1) is 30.8 Å². The van der Waals surface area contributed by atoms with Gasteiger partial charge in [-0.25, -0.2) is 4.79 Å². The molecule has 0 aliphatic carbocycles. The summed E-state index contributed by atoms with van der Waals surface area (Å²) >= 11 is 0. The molecule has 0 radical (unpaired) electrons. The molecule has 0 bridgehead atoms. The maximum absolute atomic E-state index is 13.1. The predicted molar refractivity (Wildman–Crippen MR) is 116 cm³/mol. The molecule has 1 N–H and O–H groups in total. The molecule has 1 heterocycles. The molecule has 3 aromatic rings. The molecule has 0 aliphatic rings. The normalized spacial score (nSPS) is 11.9. The highest BCUT2D eigenvalue weighted by Crippen LogP contribution is 2.28. The van der Waals surface area contributed by atoms with E-state index in [1.807, 2.05) is 13.8 Å². The van der Waals surface area contributed by atoms with Crippen LogP contribution in [0.4, 0.5) is 5.69 Å². The van der Waals surface area contributed by atoms with Crippen molar-refractivity contribution in [2.75, 3.05) is 19.5 Å². The summed E-state index contributed by atoms with van der Waals surface area (Å²) in [5, 5.41) is 3.16. The number of rotatable bonds is 7. The zero-order valence-electron chi connectivity index (χ0n) is 17.5. The smallest absolute Gasteiger partial charge is 0.332 e. The van der Waals surface area contributed by atoms with Crippen molar-refractivity contribution in [1.82, 2.24) is 9.13 Å². The summed E-state index contributed by atoms with van der Waals surface area (Å²) < 4.78 is 13.0. The van der Waals surface area contributed by atoms with Crippen LogP contribution in [0.2, 0.25) is 0 Å². The maximum atomic E-state index is 13.1. The number of para-hydroxylation sites is 1. The second-order valence-corrected chi connectivity index (χ2v) is 6.93. The monoisotopic (exact) mass is 411 g/mol. The van der Waals surface area contributed by atoms with Crippen molar-refractivity contribution in [3.63, 3.8) is 0 Å². The van der Waals surface area contributed by atoms with Crippen LogP contribution < -0.4 is 26.0 Å². The van der Waals surface area contributed by atoms with Crippen molar-refractivity contribution >= 4 is 22.5 Å². The van der Waals surface area contributed by atoms with Gasteiger partial charge >= 0.3 is 5.69 Å². The molecule has 8 heteroatoms. The van der Waals surface area contributed by atoms with Crippen LogP contribution in [0, 0.1) is 0 Å². The zero-order chi connectivity index (χ0) is 21.8. The largest absolute Gasteiger partial charge is 0.497 e. The van der Waals surface area contributed by atoms with Crippen LogP contribution >= 0.6 is 0 Å². The molecule has 30 heavy (non-hydrogen) atoms. The predicted octanol–water partition coefficient (Wildman–Crippen LogP) is 2.79. The van der Waals surface area contributed by atoms with Gasteiger partial charge in [-0.3, -0.25) is 18.7 Å². The van der Waals surface area contributed by atoms with E-state index in [2.05, 4.69) is 5.32 Å². The summed E-state index contributed by atoms with van der Waals surface area (Å²) in [6.45, 7) is 3.46. The van der Waals surface area contributed by atoms with Gasteiger partial charge in [-0.15, -0.1) is 0 Å². The van der Waals surface area contributed by atoms with E-state index in [-0.39, 0.29) is 18.1 Å². The summed E-state index contributed by atoms with van der Waals surface area (Å²) in [4.78, 5) is 38.8. The Kier molecular flexibility index (Phi) is 6.25. The number of amides is 1. The summed E-state index contributed by atoms with van der Waals surface area (Å²) in [7, 11) is 3.02. The molecule has 158 valence electrons. The lowest BCUT2D eigenvalue weighted by Gasteiger charge is -2.18. The van der Waals surface area contributed by atoms with Gasteiger partial charge in [0.15, 0.2) is 0 Å². The Labute approximate surface area is 173 Å². The third kappa shape index (κ3) is 3.94. The number of anilines is 1. The molecule has 2 aromatic carbocycles. The number of benzene rings is 2. The van der Waals surface area contributed by atoms with Crippen LogP contribution in [0.25, 0.3) is 10.9 Å². The summed E-state index contributed by atoms with van der Waals surface area (Å²) in [6, 6.07) is 11.5. The van der Waals surface area contributed by atoms with Gasteiger partial charge in [0.1, 0.15) is 18.0 Å². The van der Waals surface area contributed by atoms with Crippen LogP contribution in [-0.4, -0.2) is 29.3 Å². The Hall–Kier alpha value is -3.55. The Morgan fingerprint density at radius 2 is 1.83 bits per heavy atom. The molecular weight excluding hydrogens is 386 g/mol. The summed E-state index contributed by atoms with van der Waals surface area (Å²) in [6.07, 6.45) is 0.612. The van der Waals surface area contributed by atoms with E-state index >= 15 is 0 Å². The van der Waals surface area contributed by atoms with Crippen molar-refractivity contribution in [2.45, 2.75) is 32.9 Å². The molecule has 0 fully saturated rings. The molecule has 0 spiro atoms. The lowest BCUT2D eigenvalue weighted by Crippen LogP contribution is -2.43. The Morgan fingerprint density at radius 3 is 2.50 bits per heavy atom. The van der Waals surface area contributed by atoms with Gasteiger partial charge in [-0.2, -0.15) is 0 Å². The number of carbonyl (C=O) groups is 1. The standard InChI is InChI=1S/C22H25N3O5/c1-5-14(2)25-21(27)16-8-6-7-9-18(16)24(22(25)28)13-20(26)23-17-12-15(29-3)10-11-19(17)30-4/h6-12,14H,5,13H2,1-4H3,(H,23,26). The SMILES string of the molecule is CCC(C)n1c(=O)c2ccccc2n(CC(=O)Nc2cc(OC)ccc2OC)c1=O. The number of aromatic nitrogens is 2. The van der Waals surface area contributed by atoms with Crippen LogP contribution in [0.1, 0.15) is 26.3 Å². The molecule has 0 saturated heterocycles. The molecule has 0 saturated carbocycles. The number of methoxy groups -OCH3 is 2. The van der Waals surface area contributed by atoms with Crippen LogP contribution in [0.3, 0.4) is 0 Å². The second-order valence-electron chi connectivity index (χ2n) is 6.93. The lowest BCUT2D eigenvalue weighted by atomic mass is 10.2. The fraction of sp³-hybridized carbons (Fsp3) is 0.318. The number of ether oxygens (including phenoxy) is 2. The van der Waals surface area contributed by atoms with E-state index in [0.717, 1.165) is 0 Å². The Balaban J connectivity index is 2.05. The first-order valence-electron chi connectivity index (χ1n) is 9.67. The molecule has 3 rings (SSSR count). The molecular formula is C22H25N3O5. The van der Waals surface area contributed by atoms with Gasteiger partial charge < -0.3 is 14.8 Å². The molecule has 1 unspecified atom stereocenters. The minimum atomic E-state index is -0.513. The number of nitrogens with one attached hydrogen (secondary N) is 1. The highest BCUT2D eigenvalue weighted by molar-refractivity contribution is 5.93. The fourth-order valence-electron chi connectivity index (χ4n) is 3.31. The Bertz CT molecular complexity index is 1200. The van der Waals surface area contributed by atoms with Gasteiger partial charge in [-0.05, 0) is 37.6 Å². The van der Waals surface area contributed by atoms with E-state index in [4.69, 9.17) is 9.47 Å². The van der Waals surface area contributed by atoms with Gasteiger partial charge in [0.2, 0.25) is 5.91 Å². The third-order valence-electron chi connectivity index (χ3n) is 5.10. The quantitative estimate of drug-likeness (QED) is 0.646. The zero-order valence-corrected chi connectivity index (χ0v) is 17.5. The Morgan fingerprint density at radius 1 is 1.10 bits per heavy atom. The van der Waals surface area contributed by atoms with Gasteiger partial charge in [0.25, 0.3) is 5.56 Å². The molecule has 0 aliphatic heterocycles. The lowest BCUT2D eigenvalue weighted by molar-refractivity contribution is -0.116. The number of nitrogens with zero attached hydrogens (tertiary/aromatic N) is 2. The summed E-state index contributed by atoms with van der Waals surface area (Å²) in [5.41, 5.74) is -0.0221.